The van der Waals surface area contributed by atoms with Gasteiger partial charge in [-0.05, 0) is 42.9 Å². The van der Waals surface area contributed by atoms with Gasteiger partial charge in [0, 0.05) is 6.54 Å². The molecule has 1 aromatic carbocycles. The molecule has 1 aliphatic rings. The first-order valence-corrected chi connectivity index (χ1v) is 7.70. The molecular formula is C16H18ClN3. The standard InChI is InChI=1S/C16H18ClN3/c1-11-2-3-13(6-11)10-20-15-7-12(9-18)4-5-14(15)19-16(20)8-17/h4-5,7,11,13H,2-3,6,8,10H2,1H3. The average molecular weight is 288 g/mol. The van der Waals surface area contributed by atoms with Gasteiger partial charge in [0.25, 0.3) is 0 Å². The van der Waals surface area contributed by atoms with Crippen LogP contribution in [0.3, 0.4) is 0 Å². The van der Waals surface area contributed by atoms with Crippen LogP contribution in [0, 0.1) is 23.2 Å². The van der Waals surface area contributed by atoms with E-state index < -0.39 is 0 Å². The minimum atomic E-state index is 0.416. The molecule has 3 nitrogen and oxygen atoms in total. The van der Waals surface area contributed by atoms with Gasteiger partial charge in [0.15, 0.2) is 0 Å². The number of alkyl halides is 1. The highest BCUT2D eigenvalue weighted by Crippen LogP contribution is 2.33. The first-order chi connectivity index (χ1) is 9.71. The maximum Gasteiger partial charge on any atom is 0.124 e. The highest BCUT2D eigenvalue weighted by molar-refractivity contribution is 6.16. The predicted molar refractivity (Wildman–Crippen MR) is 80.5 cm³/mol. The molecule has 2 atom stereocenters. The predicted octanol–water partition coefficient (Wildman–Crippen LogP) is 4.08. The molecule has 104 valence electrons. The maximum absolute atomic E-state index is 9.07. The van der Waals surface area contributed by atoms with Crippen molar-refractivity contribution in [3.05, 3.63) is 29.6 Å². The van der Waals surface area contributed by atoms with Gasteiger partial charge in [-0.25, -0.2) is 4.98 Å². The summed E-state index contributed by atoms with van der Waals surface area (Å²) < 4.78 is 2.21. The van der Waals surface area contributed by atoms with E-state index in [0.29, 0.717) is 17.4 Å². The van der Waals surface area contributed by atoms with Gasteiger partial charge < -0.3 is 4.57 Å². The smallest absolute Gasteiger partial charge is 0.124 e. The van der Waals surface area contributed by atoms with Crippen molar-refractivity contribution in [1.82, 2.24) is 9.55 Å². The first-order valence-electron chi connectivity index (χ1n) is 7.16. The number of nitrogens with zero attached hydrogens (tertiary/aromatic N) is 3. The molecule has 1 saturated carbocycles. The molecule has 0 spiro atoms. The molecule has 2 aromatic rings. The van der Waals surface area contributed by atoms with Crippen molar-refractivity contribution in [2.45, 2.75) is 38.6 Å². The number of hydrogen-bond acceptors (Lipinski definition) is 2. The number of benzene rings is 1. The number of imidazole rings is 1. The summed E-state index contributed by atoms with van der Waals surface area (Å²) in [7, 11) is 0. The molecule has 0 bridgehead atoms. The number of hydrogen-bond donors (Lipinski definition) is 0. The molecule has 1 fully saturated rings. The molecule has 0 N–H and O–H groups in total. The molecule has 1 aromatic heterocycles. The van der Waals surface area contributed by atoms with Crippen LogP contribution in [-0.2, 0) is 12.4 Å². The van der Waals surface area contributed by atoms with E-state index in [1.165, 1.54) is 19.3 Å². The van der Waals surface area contributed by atoms with Crippen LogP contribution in [-0.4, -0.2) is 9.55 Å². The maximum atomic E-state index is 9.07. The molecule has 0 aliphatic heterocycles. The van der Waals surface area contributed by atoms with Crippen molar-refractivity contribution >= 4 is 22.6 Å². The molecule has 0 radical (unpaired) electrons. The molecular weight excluding hydrogens is 270 g/mol. The van der Waals surface area contributed by atoms with Crippen molar-refractivity contribution in [3.63, 3.8) is 0 Å². The van der Waals surface area contributed by atoms with E-state index in [9.17, 15) is 0 Å². The summed E-state index contributed by atoms with van der Waals surface area (Å²) in [5.74, 6) is 2.86. The molecule has 4 heteroatoms. The third-order valence-electron chi connectivity index (χ3n) is 4.32. The van der Waals surface area contributed by atoms with Crippen LogP contribution >= 0.6 is 11.6 Å². The Labute approximate surface area is 124 Å². The van der Waals surface area contributed by atoms with E-state index in [2.05, 4.69) is 22.5 Å². The first kappa shape index (κ1) is 13.5. The largest absolute Gasteiger partial charge is 0.327 e. The lowest BCUT2D eigenvalue weighted by Gasteiger charge is -2.13. The van der Waals surface area contributed by atoms with Gasteiger partial charge in [0.05, 0.1) is 28.5 Å². The summed E-state index contributed by atoms with van der Waals surface area (Å²) in [6.07, 6.45) is 3.87. The number of rotatable bonds is 3. The molecule has 0 saturated heterocycles. The summed E-state index contributed by atoms with van der Waals surface area (Å²) >= 11 is 6.04. The normalized spacial score (nSPS) is 22.2. The van der Waals surface area contributed by atoms with E-state index in [4.69, 9.17) is 16.9 Å². The molecule has 1 aliphatic carbocycles. The van der Waals surface area contributed by atoms with Gasteiger partial charge in [-0.2, -0.15) is 5.26 Å². The van der Waals surface area contributed by atoms with Gasteiger partial charge in [0.2, 0.25) is 0 Å². The van der Waals surface area contributed by atoms with Crippen molar-refractivity contribution in [3.8, 4) is 6.07 Å². The van der Waals surface area contributed by atoms with Gasteiger partial charge >= 0.3 is 0 Å². The Morgan fingerprint density at radius 1 is 1.45 bits per heavy atom. The molecule has 3 rings (SSSR count). The van der Waals surface area contributed by atoms with E-state index in [0.717, 1.165) is 29.3 Å². The van der Waals surface area contributed by atoms with Crippen LogP contribution in [0.15, 0.2) is 18.2 Å². The van der Waals surface area contributed by atoms with Crippen molar-refractivity contribution < 1.29 is 0 Å². The Kier molecular flexibility index (Phi) is 3.67. The van der Waals surface area contributed by atoms with Gasteiger partial charge in [-0.3, -0.25) is 0 Å². The number of halogens is 1. The minimum Gasteiger partial charge on any atom is -0.327 e. The minimum absolute atomic E-state index is 0.416. The average Bonchev–Trinajstić information content (AvgIpc) is 3.03. The third kappa shape index (κ3) is 2.41. The Bertz CT molecular complexity index is 668. The second-order valence-electron chi connectivity index (χ2n) is 5.87. The topological polar surface area (TPSA) is 41.6 Å². The number of nitriles is 1. The second kappa shape index (κ2) is 5.46. The lowest BCUT2D eigenvalue weighted by molar-refractivity contribution is 0.441. The van der Waals surface area contributed by atoms with Crippen LogP contribution in [0.1, 0.15) is 37.6 Å². The van der Waals surface area contributed by atoms with Gasteiger partial charge in [-0.15, -0.1) is 11.6 Å². The molecule has 2 unspecified atom stereocenters. The zero-order valence-corrected chi connectivity index (χ0v) is 12.4. The summed E-state index contributed by atoms with van der Waals surface area (Å²) in [6, 6.07) is 7.86. The highest BCUT2D eigenvalue weighted by Gasteiger charge is 2.23. The second-order valence-corrected chi connectivity index (χ2v) is 6.14. The molecule has 0 amide bonds. The SMILES string of the molecule is CC1CCC(Cn2c(CCl)nc3ccc(C#N)cc32)C1. The van der Waals surface area contributed by atoms with Crippen molar-refractivity contribution in [2.75, 3.05) is 0 Å². The van der Waals surface area contributed by atoms with Gasteiger partial charge in [-0.1, -0.05) is 13.3 Å². The summed E-state index contributed by atoms with van der Waals surface area (Å²) in [5.41, 5.74) is 2.66. The van der Waals surface area contributed by atoms with Crippen LogP contribution in [0.2, 0.25) is 0 Å². The Balaban J connectivity index is 2.00. The van der Waals surface area contributed by atoms with Crippen LogP contribution in [0.25, 0.3) is 11.0 Å². The fourth-order valence-corrected chi connectivity index (χ4v) is 3.50. The number of aromatic nitrogens is 2. The van der Waals surface area contributed by atoms with Crippen LogP contribution in [0.5, 0.6) is 0 Å². The highest BCUT2D eigenvalue weighted by atomic mass is 35.5. The summed E-state index contributed by atoms with van der Waals surface area (Å²) in [4.78, 5) is 4.59. The Morgan fingerprint density at radius 2 is 2.30 bits per heavy atom. The van der Waals surface area contributed by atoms with E-state index in [1.54, 1.807) is 0 Å². The summed E-state index contributed by atoms with van der Waals surface area (Å²) in [5, 5.41) is 9.07. The fraction of sp³-hybridized carbons (Fsp3) is 0.500. The van der Waals surface area contributed by atoms with Gasteiger partial charge in [0.1, 0.15) is 5.82 Å². The third-order valence-corrected chi connectivity index (χ3v) is 4.56. The van der Waals surface area contributed by atoms with Crippen LogP contribution < -0.4 is 0 Å². The molecule has 1 heterocycles. The van der Waals surface area contributed by atoms with E-state index >= 15 is 0 Å². The quantitative estimate of drug-likeness (QED) is 0.798. The lowest BCUT2D eigenvalue weighted by atomic mass is 10.1. The Hall–Kier alpha value is -1.53. The number of fused-ring (bicyclic) bond motifs is 1. The zero-order chi connectivity index (χ0) is 14.1. The lowest BCUT2D eigenvalue weighted by Crippen LogP contribution is -2.10. The van der Waals surface area contributed by atoms with Crippen molar-refractivity contribution in [1.29, 1.82) is 5.26 Å². The summed E-state index contributed by atoms with van der Waals surface area (Å²) in [6.45, 7) is 3.29. The van der Waals surface area contributed by atoms with Crippen LogP contribution in [0.4, 0.5) is 0 Å². The Morgan fingerprint density at radius 3 is 2.95 bits per heavy atom. The van der Waals surface area contributed by atoms with Crippen molar-refractivity contribution in [2.24, 2.45) is 11.8 Å². The molecule has 20 heavy (non-hydrogen) atoms. The monoisotopic (exact) mass is 287 g/mol. The van der Waals surface area contributed by atoms with E-state index in [1.807, 2.05) is 18.2 Å². The van der Waals surface area contributed by atoms with E-state index in [-0.39, 0.29) is 0 Å². The fourth-order valence-electron chi connectivity index (χ4n) is 3.30. The zero-order valence-electron chi connectivity index (χ0n) is 11.6.